The molecule has 6 heteroatoms. The summed E-state index contributed by atoms with van der Waals surface area (Å²) < 4.78 is 4.99. The van der Waals surface area contributed by atoms with Crippen LogP contribution in [0, 0.1) is 20.8 Å². The van der Waals surface area contributed by atoms with Crippen molar-refractivity contribution in [1.82, 2.24) is 0 Å². The van der Waals surface area contributed by atoms with Gasteiger partial charge in [-0.3, -0.25) is 0 Å². The molecule has 1 nitrogen and oxygen atoms in total. The first-order valence-electron chi connectivity index (χ1n) is 17.3. The van der Waals surface area contributed by atoms with E-state index in [2.05, 4.69) is 151 Å². The molecular formula is C47H50OS5. The maximum absolute atomic E-state index is 4.99. The van der Waals surface area contributed by atoms with Gasteiger partial charge in [0.25, 0.3) is 0 Å². The minimum Gasteiger partial charge on any atom is -0.497 e. The first-order chi connectivity index (χ1) is 25.7. The van der Waals surface area contributed by atoms with Crippen LogP contribution in [-0.4, -0.2) is 7.11 Å². The third-order valence-corrected chi connectivity index (χ3v) is 9.84. The normalized spacial score (nSPS) is 9.83. The molecule has 0 aromatic heterocycles. The van der Waals surface area contributed by atoms with Gasteiger partial charge in [-0.05, 0) is 101 Å². The van der Waals surface area contributed by atoms with Gasteiger partial charge in [-0.15, -0.1) is 25.3 Å². The highest BCUT2D eigenvalue weighted by Gasteiger charge is 2.00. The van der Waals surface area contributed by atoms with Crippen molar-refractivity contribution in [3.05, 3.63) is 197 Å². The van der Waals surface area contributed by atoms with Gasteiger partial charge in [0.05, 0.1) is 7.11 Å². The molecule has 0 bridgehead atoms. The Labute approximate surface area is 345 Å². The largest absolute Gasteiger partial charge is 0.497 e. The van der Waals surface area contributed by atoms with E-state index >= 15 is 0 Å². The average molecular weight is 791 g/mol. The lowest BCUT2D eigenvalue weighted by atomic mass is 10.0. The van der Waals surface area contributed by atoms with Gasteiger partial charge in [-0.2, -0.15) is 37.9 Å². The molecule has 0 N–H and O–H groups in total. The van der Waals surface area contributed by atoms with Crippen LogP contribution in [0.5, 0.6) is 5.75 Å². The van der Waals surface area contributed by atoms with Crippen molar-refractivity contribution < 1.29 is 4.74 Å². The summed E-state index contributed by atoms with van der Waals surface area (Å²) >= 11 is 21.1. The standard InChI is InChI=1S/C12H10S.C10H8S.C10H14S.C8H10OS.C7H8S/c13-12-8-6-11(7-9-12)10-4-2-1-3-5-10;11-10-7-3-5-8-4-1-2-6-9(8)10;1-7-4-8(2)10(6-11)9(3)5-7;1-9-8-4-2-7(6-10)3-5-8;8-6-7-4-2-1-3-5-7/h1-9,13H;1-7,11H;4-5,11H,6H2,1-3H3;2-5,10H,6H2,1H3;1-5,8H,6H2. The molecule has 0 radical (unpaired) electrons. The lowest BCUT2D eigenvalue weighted by Gasteiger charge is -2.07. The molecule has 0 atom stereocenters. The smallest absolute Gasteiger partial charge is 0.118 e. The van der Waals surface area contributed by atoms with Crippen LogP contribution in [-0.2, 0) is 17.3 Å². The number of aryl methyl sites for hydroxylation is 3. The fourth-order valence-electron chi connectivity index (χ4n) is 5.27. The summed E-state index contributed by atoms with van der Waals surface area (Å²) in [7, 11) is 1.66. The van der Waals surface area contributed by atoms with Crippen LogP contribution < -0.4 is 4.74 Å². The number of benzene rings is 7. The number of hydrogen-bond acceptors (Lipinski definition) is 6. The van der Waals surface area contributed by atoms with Crippen molar-refractivity contribution in [2.24, 2.45) is 0 Å². The number of ether oxygens (including phenoxy) is 1. The lowest BCUT2D eigenvalue weighted by molar-refractivity contribution is 0.414. The summed E-state index contributed by atoms with van der Waals surface area (Å²) in [5.41, 5.74) is 10.4. The highest BCUT2D eigenvalue weighted by atomic mass is 32.1. The lowest BCUT2D eigenvalue weighted by Crippen LogP contribution is -1.90. The van der Waals surface area contributed by atoms with E-state index in [4.69, 9.17) is 4.74 Å². The summed E-state index contributed by atoms with van der Waals surface area (Å²) in [4.78, 5) is 2.04. The van der Waals surface area contributed by atoms with Crippen molar-refractivity contribution >= 4 is 73.9 Å². The zero-order valence-electron chi connectivity index (χ0n) is 30.9. The Hall–Kier alpha value is -3.65. The molecule has 53 heavy (non-hydrogen) atoms. The van der Waals surface area contributed by atoms with Crippen LogP contribution in [0.1, 0.15) is 33.4 Å². The Bertz CT molecular complexity index is 2000. The molecule has 0 unspecified atom stereocenters. The van der Waals surface area contributed by atoms with Gasteiger partial charge in [0.2, 0.25) is 0 Å². The molecule has 0 aliphatic rings. The second-order valence-corrected chi connectivity index (χ2v) is 14.0. The van der Waals surface area contributed by atoms with Crippen LogP contribution in [0.2, 0.25) is 0 Å². The van der Waals surface area contributed by atoms with Crippen LogP contribution >= 0.6 is 63.1 Å². The first kappa shape index (κ1) is 43.8. The number of rotatable bonds is 5. The van der Waals surface area contributed by atoms with E-state index in [1.54, 1.807) is 7.11 Å². The number of fused-ring (bicyclic) bond motifs is 1. The SMILES string of the molecule is COc1ccc(CS)cc1.Cc1cc(C)c(CS)c(C)c1.SCc1ccccc1.Sc1ccc(-c2ccccc2)cc1.Sc1cccc2ccccc12. The second kappa shape index (κ2) is 24.6. The summed E-state index contributed by atoms with van der Waals surface area (Å²) in [6, 6.07) is 55.3. The minimum absolute atomic E-state index is 0.782. The van der Waals surface area contributed by atoms with Gasteiger partial charge >= 0.3 is 0 Å². The Balaban J connectivity index is 0.000000180. The molecule has 0 amide bonds. The molecule has 0 saturated heterocycles. The van der Waals surface area contributed by atoms with Gasteiger partial charge in [0, 0.05) is 27.0 Å². The van der Waals surface area contributed by atoms with Crippen molar-refractivity contribution in [1.29, 1.82) is 0 Å². The molecule has 7 rings (SSSR count). The molecule has 0 fully saturated rings. The Morgan fingerprint density at radius 3 is 1.47 bits per heavy atom. The fourth-order valence-corrected chi connectivity index (χ4v) is 6.63. The summed E-state index contributed by atoms with van der Waals surface area (Å²) in [5.74, 6) is 3.36. The van der Waals surface area contributed by atoms with Gasteiger partial charge in [0.1, 0.15) is 5.75 Å². The minimum atomic E-state index is 0.782. The van der Waals surface area contributed by atoms with Crippen molar-refractivity contribution in [2.45, 2.75) is 47.8 Å². The van der Waals surface area contributed by atoms with Crippen LogP contribution in [0.4, 0.5) is 0 Å². The predicted octanol–water partition coefficient (Wildman–Crippen LogP) is 14.1. The number of thiol groups is 5. The molecule has 0 heterocycles. The van der Waals surface area contributed by atoms with Crippen LogP contribution in [0.3, 0.4) is 0 Å². The zero-order chi connectivity index (χ0) is 38.4. The van der Waals surface area contributed by atoms with E-state index in [1.165, 1.54) is 55.3 Å². The summed E-state index contributed by atoms with van der Waals surface area (Å²) in [6.45, 7) is 6.42. The second-order valence-electron chi connectivity index (χ2n) is 12.1. The molecule has 7 aromatic carbocycles. The van der Waals surface area contributed by atoms with E-state index in [9.17, 15) is 0 Å². The number of methoxy groups -OCH3 is 1. The van der Waals surface area contributed by atoms with E-state index in [-0.39, 0.29) is 0 Å². The highest BCUT2D eigenvalue weighted by Crippen LogP contribution is 2.22. The molecule has 0 aliphatic heterocycles. The van der Waals surface area contributed by atoms with E-state index < -0.39 is 0 Å². The Kier molecular flexibility index (Phi) is 20.3. The Morgan fingerprint density at radius 1 is 0.472 bits per heavy atom. The third kappa shape index (κ3) is 15.7. The van der Waals surface area contributed by atoms with Gasteiger partial charge in [-0.1, -0.05) is 139 Å². The number of hydrogen-bond donors (Lipinski definition) is 5. The molecule has 0 saturated carbocycles. The monoisotopic (exact) mass is 790 g/mol. The molecule has 7 aromatic rings. The predicted molar refractivity (Wildman–Crippen MR) is 248 cm³/mol. The maximum atomic E-state index is 4.99. The van der Waals surface area contributed by atoms with Crippen molar-refractivity contribution in [3.8, 4) is 16.9 Å². The molecule has 0 spiro atoms. The van der Waals surface area contributed by atoms with E-state index in [0.29, 0.717) is 0 Å². The topological polar surface area (TPSA) is 9.23 Å². The summed E-state index contributed by atoms with van der Waals surface area (Å²) in [5, 5.41) is 2.47. The quantitative estimate of drug-likeness (QED) is 0.109. The summed E-state index contributed by atoms with van der Waals surface area (Å²) in [6.07, 6.45) is 0. The molecule has 274 valence electrons. The maximum Gasteiger partial charge on any atom is 0.118 e. The third-order valence-electron chi connectivity index (χ3n) is 8.11. The average Bonchev–Trinajstić information content (AvgIpc) is 3.20. The van der Waals surface area contributed by atoms with Crippen LogP contribution in [0.25, 0.3) is 21.9 Å². The van der Waals surface area contributed by atoms with Crippen molar-refractivity contribution in [2.75, 3.05) is 7.11 Å². The molecular weight excluding hydrogens is 741 g/mol. The van der Waals surface area contributed by atoms with Gasteiger partial charge < -0.3 is 4.74 Å². The first-order valence-corrected chi connectivity index (χ1v) is 20.1. The van der Waals surface area contributed by atoms with Gasteiger partial charge in [-0.25, -0.2) is 0 Å². The van der Waals surface area contributed by atoms with E-state index in [1.807, 2.05) is 97.1 Å². The highest BCUT2D eigenvalue weighted by molar-refractivity contribution is 7.80. The fraction of sp³-hybridized carbons (Fsp3) is 0.149. The van der Waals surface area contributed by atoms with Crippen LogP contribution in [0.15, 0.2) is 174 Å². The Morgan fingerprint density at radius 2 is 0.962 bits per heavy atom. The molecule has 0 aliphatic carbocycles. The van der Waals surface area contributed by atoms with Crippen molar-refractivity contribution in [3.63, 3.8) is 0 Å². The van der Waals surface area contributed by atoms with Gasteiger partial charge in [0.15, 0.2) is 0 Å². The van der Waals surface area contributed by atoms with E-state index in [0.717, 1.165) is 32.8 Å². The zero-order valence-corrected chi connectivity index (χ0v) is 35.3.